The van der Waals surface area contributed by atoms with E-state index >= 15 is 0 Å². The fourth-order valence-corrected chi connectivity index (χ4v) is 1.50. The molecule has 0 radical (unpaired) electrons. The minimum Gasteiger partial charge on any atom is -0.545 e. The second-order valence-electron chi connectivity index (χ2n) is 3.78. The predicted octanol–water partition coefficient (Wildman–Crippen LogP) is 0.835. The highest BCUT2D eigenvalue weighted by Gasteiger charge is 1.95. The third-order valence-corrected chi connectivity index (χ3v) is 2.47. The van der Waals surface area contributed by atoms with Crippen molar-refractivity contribution in [3.8, 4) is 0 Å². The number of benzene rings is 1. The number of aryl methyl sites for hydroxylation is 1. The molecule has 92 valence electrons. The van der Waals surface area contributed by atoms with Gasteiger partial charge in [0.15, 0.2) is 0 Å². The van der Waals surface area contributed by atoms with E-state index in [1.54, 1.807) is 18.3 Å². The molecule has 1 heterocycles. The van der Waals surface area contributed by atoms with Crippen molar-refractivity contribution < 1.29 is 9.90 Å². The minimum atomic E-state index is -1.20. The van der Waals surface area contributed by atoms with Gasteiger partial charge in [-0.15, -0.1) is 0 Å². The number of aromatic nitrogens is 1. The first-order valence-corrected chi connectivity index (χ1v) is 5.38. The van der Waals surface area contributed by atoms with E-state index in [0.717, 1.165) is 5.69 Å². The van der Waals surface area contributed by atoms with Crippen LogP contribution >= 0.6 is 0 Å². The molecule has 0 atom stereocenters. The molecule has 2 rings (SSSR count). The molecule has 0 aliphatic heterocycles. The smallest absolute Gasteiger partial charge is 0.0716 e. The number of carboxylic acid groups (broad SMARTS) is 1. The van der Waals surface area contributed by atoms with Gasteiger partial charge in [0.2, 0.25) is 0 Å². The van der Waals surface area contributed by atoms with Crippen LogP contribution < -0.4 is 10.5 Å². The van der Waals surface area contributed by atoms with Crippen molar-refractivity contribution in [3.05, 3.63) is 53.9 Å². The van der Waals surface area contributed by atoms with Crippen molar-refractivity contribution >= 4 is 17.9 Å². The van der Waals surface area contributed by atoms with Gasteiger partial charge in [-0.05, 0) is 29.8 Å². The lowest BCUT2D eigenvalue weighted by Gasteiger charge is -2.05. The molecule has 0 fully saturated rings. The van der Waals surface area contributed by atoms with Gasteiger partial charge in [-0.2, -0.15) is 5.10 Å². The van der Waals surface area contributed by atoms with Gasteiger partial charge < -0.3 is 14.5 Å². The van der Waals surface area contributed by atoms with Crippen LogP contribution in [-0.4, -0.2) is 16.8 Å². The molecule has 5 heteroatoms. The number of hydrogen-bond acceptors (Lipinski definition) is 4. The lowest BCUT2D eigenvalue weighted by molar-refractivity contribution is -0.255. The molecular weight excluding hydrogens is 230 g/mol. The molecule has 0 spiro atoms. The van der Waals surface area contributed by atoms with Gasteiger partial charge in [-0.3, -0.25) is 5.43 Å². The second-order valence-corrected chi connectivity index (χ2v) is 3.78. The topological polar surface area (TPSA) is 69.5 Å². The quantitative estimate of drug-likeness (QED) is 0.638. The maximum atomic E-state index is 10.7. The normalized spacial score (nSPS) is 10.7. The number of nitrogens with one attached hydrogen (secondary N) is 1. The Morgan fingerprint density at radius 3 is 2.89 bits per heavy atom. The summed E-state index contributed by atoms with van der Waals surface area (Å²) in [4.78, 5) is 10.7. The van der Waals surface area contributed by atoms with Gasteiger partial charge in [0.25, 0.3) is 0 Å². The molecule has 1 aromatic heterocycles. The van der Waals surface area contributed by atoms with Crippen molar-refractivity contribution in [2.24, 2.45) is 12.1 Å². The summed E-state index contributed by atoms with van der Waals surface area (Å²) in [6, 6.07) is 10.1. The molecule has 5 nitrogen and oxygen atoms in total. The van der Waals surface area contributed by atoms with E-state index in [4.69, 9.17) is 0 Å². The average molecular weight is 242 g/mol. The predicted molar refractivity (Wildman–Crippen MR) is 67.4 cm³/mol. The highest BCUT2D eigenvalue weighted by molar-refractivity contribution is 5.87. The summed E-state index contributed by atoms with van der Waals surface area (Å²) >= 11 is 0. The molecule has 0 saturated carbocycles. The molecule has 18 heavy (non-hydrogen) atoms. The molecule has 0 aliphatic carbocycles. The van der Waals surface area contributed by atoms with Crippen LogP contribution in [0.4, 0.5) is 5.69 Å². The largest absolute Gasteiger partial charge is 0.545 e. The summed E-state index contributed by atoms with van der Waals surface area (Å²) in [6.45, 7) is 0. The van der Waals surface area contributed by atoms with Crippen LogP contribution in [0.15, 0.2) is 47.7 Å². The Hall–Kier alpha value is -2.56. The number of hydrogen-bond donors (Lipinski definition) is 1. The molecule has 0 saturated heterocycles. The summed E-state index contributed by atoms with van der Waals surface area (Å²) in [5, 5.41) is 14.7. The van der Waals surface area contributed by atoms with Crippen molar-refractivity contribution in [1.82, 2.24) is 4.57 Å². The molecule has 0 bridgehead atoms. The summed E-state index contributed by atoms with van der Waals surface area (Å²) < 4.78 is 1.92. The van der Waals surface area contributed by atoms with E-state index in [2.05, 4.69) is 10.5 Å². The van der Waals surface area contributed by atoms with Crippen LogP contribution in [0.1, 0.15) is 16.1 Å². The Labute approximate surface area is 104 Å². The van der Waals surface area contributed by atoms with Crippen LogP contribution in [0.3, 0.4) is 0 Å². The van der Waals surface area contributed by atoms with Crippen molar-refractivity contribution in [2.45, 2.75) is 0 Å². The summed E-state index contributed by atoms with van der Waals surface area (Å²) in [6.07, 6.45) is 3.57. The number of nitrogens with zero attached hydrogens (tertiary/aromatic N) is 2. The van der Waals surface area contributed by atoms with Crippen LogP contribution in [0.5, 0.6) is 0 Å². The highest BCUT2D eigenvalue weighted by atomic mass is 16.4. The van der Waals surface area contributed by atoms with E-state index < -0.39 is 5.97 Å². The van der Waals surface area contributed by atoms with Gasteiger partial charge >= 0.3 is 0 Å². The number of aromatic carboxylic acids is 1. The zero-order valence-corrected chi connectivity index (χ0v) is 9.83. The van der Waals surface area contributed by atoms with E-state index in [0.29, 0.717) is 5.69 Å². The third-order valence-electron chi connectivity index (χ3n) is 2.47. The van der Waals surface area contributed by atoms with E-state index in [1.165, 1.54) is 12.1 Å². The van der Waals surface area contributed by atoms with Gasteiger partial charge in [0, 0.05) is 13.2 Å². The van der Waals surface area contributed by atoms with Crippen LogP contribution in [0.25, 0.3) is 0 Å². The molecule has 0 aliphatic rings. The Morgan fingerprint density at radius 1 is 1.39 bits per heavy atom. The third kappa shape index (κ3) is 2.76. The molecule has 1 aromatic carbocycles. The monoisotopic (exact) mass is 242 g/mol. The van der Waals surface area contributed by atoms with Gasteiger partial charge in [-0.25, -0.2) is 0 Å². The summed E-state index contributed by atoms with van der Waals surface area (Å²) in [5.41, 5.74) is 4.43. The number of carbonyl (C=O) groups excluding carboxylic acids is 1. The Balaban J connectivity index is 2.06. The lowest BCUT2D eigenvalue weighted by Crippen LogP contribution is -2.22. The highest BCUT2D eigenvalue weighted by Crippen LogP contribution is 2.09. The van der Waals surface area contributed by atoms with Gasteiger partial charge in [-0.1, -0.05) is 12.1 Å². The molecular formula is C13H12N3O2-. The maximum absolute atomic E-state index is 10.7. The van der Waals surface area contributed by atoms with Crippen molar-refractivity contribution in [3.63, 3.8) is 0 Å². The first-order valence-electron chi connectivity index (χ1n) is 5.38. The summed E-state index contributed by atoms with van der Waals surface area (Å²) in [5.74, 6) is -1.20. The standard InChI is InChI=1S/C13H13N3O2/c1-16-7-3-6-12(16)9-14-15-11-5-2-4-10(8-11)13(17)18/h2-9,15H,1H3,(H,17,18)/p-1/b14-9-. The number of hydrazone groups is 1. The first-order chi connectivity index (χ1) is 8.66. The Bertz CT molecular complexity index is 587. The number of carboxylic acids is 1. The molecule has 2 aromatic rings. The fourth-order valence-electron chi connectivity index (χ4n) is 1.50. The molecule has 0 unspecified atom stereocenters. The van der Waals surface area contributed by atoms with Crippen LogP contribution in [-0.2, 0) is 7.05 Å². The van der Waals surface area contributed by atoms with Crippen molar-refractivity contribution in [2.75, 3.05) is 5.43 Å². The Kier molecular flexibility index (Phi) is 3.43. The van der Waals surface area contributed by atoms with E-state index in [-0.39, 0.29) is 5.56 Å². The number of anilines is 1. The first kappa shape index (κ1) is 11.9. The Morgan fingerprint density at radius 2 is 2.22 bits per heavy atom. The second kappa shape index (κ2) is 5.18. The number of rotatable bonds is 4. The molecule has 0 amide bonds. The maximum Gasteiger partial charge on any atom is 0.0716 e. The minimum absolute atomic E-state index is 0.120. The van der Waals surface area contributed by atoms with Crippen molar-refractivity contribution in [1.29, 1.82) is 0 Å². The SMILES string of the molecule is Cn1cccc1/C=N\Nc1cccc(C(=O)[O-])c1. The van der Waals surface area contributed by atoms with E-state index in [1.807, 2.05) is 29.9 Å². The average Bonchev–Trinajstić information content (AvgIpc) is 2.76. The van der Waals surface area contributed by atoms with Crippen LogP contribution in [0.2, 0.25) is 0 Å². The zero-order chi connectivity index (χ0) is 13.0. The van der Waals surface area contributed by atoms with Gasteiger partial charge in [0.1, 0.15) is 0 Å². The summed E-state index contributed by atoms with van der Waals surface area (Å²) in [7, 11) is 1.91. The molecule has 1 N–H and O–H groups in total. The fraction of sp³-hybridized carbons (Fsp3) is 0.0769. The zero-order valence-electron chi connectivity index (χ0n) is 9.83. The number of carbonyl (C=O) groups is 1. The van der Waals surface area contributed by atoms with E-state index in [9.17, 15) is 9.90 Å². The van der Waals surface area contributed by atoms with Gasteiger partial charge in [0.05, 0.1) is 23.6 Å². The van der Waals surface area contributed by atoms with Crippen LogP contribution in [0, 0.1) is 0 Å². The lowest BCUT2D eigenvalue weighted by atomic mass is 10.2.